The predicted molar refractivity (Wildman–Crippen MR) is 70.6 cm³/mol. The van der Waals surface area contributed by atoms with E-state index >= 15 is 0 Å². The minimum Gasteiger partial charge on any atom is -0.480 e. The summed E-state index contributed by atoms with van der Waals surface area (Å²) < 4.78 is 4.97. The highest BCUT2D eigenvalue weighted by molar-refractivity contribution is 5.78. The van der Waals surface area contributed by atoms with Crippen molar-refractivity contribution < 1.29 is 14.3 Å². The number of aliphatic carboxylic acids is 1. The predicted octanol–water partition coefficient (Wildman–Crippen LogP) is 0.230. The van der Waals surface area contributed by atoms with E-state index < -0.39 is 17.8 Å². The van der Waals surface area contributed by atoms with Gasteiger partial charge in [-0.05, 0) is 19.2 Å². The number of hydrogen-bond acceptors (Lipinski definition) is 5. The number of oxazole rings is 1. The average Bonchev–Trinajstić information content (AvgIpc) is 2.74. The van der Waals surface area contributed by atoms with Gasteiger partial charge in [-0.25, -0.2) is 4.79 Å². The second kappa shape index (κ2) is 5.15. The van der Waals surface area contributed by atoms with Gasteiger partial charge in [0.15, 0.2) is 5.58 Å². The van der Waals surface area contributed by atoms with Crippen molar-refractivity contribution in [3.63, 3.8) is 0 Å². The normalized spacial score (nSPS) is 12.5. The van der Waals surface area contributed by atoms with Crippen LogP contribution in [-0.2, 0) is 4.79 Å². The Hall–Kier alpha value is -2.28. The maximum absolute atomic E-state index is 11.1. The quantitative estimate of drug-likeness (QED) is 0.716. The third kappa shape index (κ3) is 2.76. The fourth-order valence-corrected chi connectivity index (χ4v) is 1.84. The van der Waals surface area contributed by atoms with Crippen LogP contribution in [0.3, 0.4) is 0 Å². The van der Waals surface area contributed by atoms with Gasteiger partial charge in [-0.1, -0.05) is 0 Å². The van der Waals surface area contributed by atoms with Crippen LogP contribution in [0.4, 0.5) is 5.69 Å². The highest BCUT2D eigenvalue weighted by Crippen LogP contribution is 2.19. The lowest BCUT2D eigenvalue weighted by Gasteiger charge is -2.23. The number of fused-ring (bicyclic) bond motifs is 1. The first-order valence-electron chi connectivity index (χ1n) is 5.75. The minimum atomic E-state index is -0.913. The van der Waals surface area contributed by atoms with Crippen LogP contribution >= 0.6 is 0 Å². The molecule has 1 aromatic carbocycles. The van der Waals surface area contributed by atoms with Crippen molar-refractivity contribution in [1.82, 2.24) is 10.3 Å². The molecule has 0 spiro atoms. The number of H-pyrrole nitrogens is 1. The van der Waals surface area contributed by atoms with Gasteiger partial charge < -0.3 is 19.7 Å². The lowest BCUT2D eigenvalue weighted by molar-refractivity contribution is -0.139. The molecule has 1 aromatic heterocycles. The summed E-state index contributed by atoms with van der Waals surface area (Å²) >= 11 is 0. The first-order chi connectivity index (χ1) is 9.01. The number of carboxylic acids is 1. The zero-order chi connectivity index (χ0) is 14.0. The number of rotatable bonds is 5. The van der Waals surface area contributed by atoms with Crippen molar-refractivity contribution >= 4 is 22.8 Å². The molecule has 102 valence electrons. The Morgan fingerprint density at radius 2 is 2.32 bits per heavy atom. The highest BCUT2D eigenvalue weighted by atomic mass is 16.4. The zero-order valence-electron chi connectivity index (χ0n) is 10.6. The molecule has 7 heteroatoms. The van der Waals surface area contributed by atoms with Crippen LogP contribution in [-0.4, -0.2) is 42.7 Å². The summed E-state index contributed by atoms with van der Waals surface area (Å²) in [5.41, 5.74) is 1.84. The molecule has 0 saturated carbocycles. The molecule has 2 aromatic rings. The summed E-state index contributed by atoms with van der Waals surface area (Å²) in [7, 11) is 3.38. The second-order valence-electron chi connectivity index (χ2n) is 4.26. The molecule has 7 nitrogen and oxygen atoms in total. The van der Waals surface area contributed by atoms with E-state index in [1.165, 1.54) is 0 Å². The van der Waals surface area contributed by atoms with E-state index in [2.05, 4.69) is 10.3 Å². The Labute approximate surface area is 108 Å². The van der Waals surface area contributed by atoms with Gasteiger partial charge in [-0.2, -0.15) is 0 Å². The van der Waals surface area contributed by atoms with E-state index in [1.807, 2.05) is 0 Å². The monoisotopic (exact) mass is 265 g/mol. The Morgan fingerprint density at radius 1 is 1.58 bits per heavy atom. The van der Waals surface area contributed by atoms with E-state index in [9.17, 15) is 9.59 Å². The summed E-state index contributed by atoms with van der Waals surface area (Å²) in [5, 5.41) is 11.7. The zero-order valence-corrected chi connectivity index (χ0v) is 10.6. The molecular formula is C12H15N3O4. The first-order valence-corrected chi connectivity index (χ1v) is 5.75. The van der Waals surface area contributed by atoms with Crippen molar-refractivity contribution in [1.29, 1.82) is 0 Å². The molecule has 0 bridgehead atoms. The summed E-state index contributed by atoms with van der Waals surface area (Å²) in [4.78, 5) is 26.3. The van der Waals surface area contributed by atoms with E-state index in [4.69, 9.17) is 9.52 Å². The van der Waals surface area contributed by atoms with Crippen LogP contribution in [0.5, 0.6) is 0 Å². The molecule has 3 N–H and O–H groups in total. The molecule has 1 heterocycles. The number of likely N-dealkylation sites (N-methyl/N-ethyl adjacent to an activating group) is 2. The second-order valence-corrected chi connectivity index (χ2v) is 4.26. The number of aromatic amines is 1. The van der Waals surface area contributed by atoms with Crippen LogP contribution in [0.15, 0.2) is 27.4 Å². The van der Waals surface area contributed by atoms with Gasteiger partial charge in [0.2, 0.25) is 0 Å². The minimum absolute atomic E-state index is 0.298. The number of nitrogens with one attached hydrogen (secondary N) is 2. The maximum atomic E-state index is 11.1. The number of carbonyl (C=O) groups is 1. The third-order valence-corrected chi connectivity index (χ3v) is 2.95. The van der Waals surface area contributed by atoms with Crippen molar-refractivity contribution in [2.75, 3.05) is 25.5 Å². The largest absolute Gasteiger partial charge is 0.480 e. The van der Waals surface area contributed by atoms with Gasteiger partial charge in [0.1, 0.15) is 6.04 Å². The summed E-state index contributed by atoms with van der Waals surface area (Å²) in [6, 6.07) is 4.55. The summed E-state index contributed by atoms with van der Waals surface area (Å²) in [6.45, 7) is 0.298. The smallest absolute Gasteiger partial charge is 0.417 e. The van der Waals surface area contributed by atoms with Gasteiger partial charge >= 0.3 is 11.7 Å². The standard InChI is InChI=1S/C12H15N3O4/c1-13-9(11(16)17)6-15(2)7-3-4-8-10(5-7)19-12(18)14-8/h3-5,9,13H,6H2,1-2H3,(H,14,18)(H,16,17). The van der Waals surface area contributed by atoms with Gasteiger partial charge in [-0.15, -0.1) is 0 Å². The molecule has 0 aliphatic rings. The number of anilines is 1. The van der Waals surface area contributed by atoms with Crippen LogP contribution in [0.2, 0.25) is 0 Å². The first kappa shape index (κ1) is 13.2. The number of carboxylic acid groups (broad SMARTS) is 1. The Bertz CT molecular complexity index is 646. The Balaban J connectivity index is 2.23. The molecule has 0 saturated heterocycles. The molecule has 0 fully saturated rings. The van der Waals surface area contributed by atoms with Gasteiger partial charge in [-0.3, -0.25) is 9.78 Å². The van der Waals surface area contributed by atoms with Crippen LogP contribution in [0.25, 0.3) is 11.1 Å². The van der Waals surface area contributed by atoms with Crippen molar-refractivity contribution in [3.05, 3.63) is 28.7 Å². The number of hydrogen-bond donors (Lipinski definition) is 3. The fraction of sp³-hybridized carbons (Fsp3) is 0.333. The molecule has 0 aliphatic carbocycles. The van der Waals surface area contributed by atoms with Crippen LogP contribution in [0.1, 0.15) is 0 Å². The van der Waals surface area contributed by atoms with Crippen LogP contribution in [0, 0.1) is 0 Å². The highest BCUT2D eigenvalue weighted by Gasteiger charge is 2.17. The molecule has 1 unspecified atom stereocenters. The Kier molecular flexibility index (Phi) is 3.57. The molecular weight excluding hydrogens is 250 g/mol. The van der Waals surface area contributed by atoms with Crippen molar-refractivity contribution in [2.24, 2.45) is 0 Å². The van der Waals surface area contributed by atoms with Gasteiger partial charge in [0, 0.05) is 25.3 Å². The molecule has 2 rings (SSSR count). The topological polar surface area (TPSA) is 98.6 Å². The van der Waals surface area contributed by atoms with Crippen molar-refractivity contribution in [3.8, 4) is 0 Å². The fourth-order valence-electron chi connectivity index (χ4n) is 1.84. The van der Waals surface area contributed by atoms with Gasteiger partial charge in [0.25, 0.3) is 0 Å². The number of nitrogens with zero attached hydrogens (tertiary/aromatic N) is 1. The lowest BCUT2D eigenvalue weighted by Crippen LogP contribution is -2.43. The molecule has 19 heavy (non-hydrogen) atoms. The SMILES string of the molecule is CNC(CN(C)c1ccc2[nH]c(=O)oc2c1)C(=O)O. The maximum Gasteiger partial charge on any atom is 0.417 e. The summed E-state index contributed by atoms with van der Waals surface area (Å²) in [5.74, 6) is -1.42. The molecule has 0 radical (unpaired) electrons. The average molecular weight is 265 g/mol. The number of benzene rings is 1. The van der Waals surface area contributed by atoms with Crippen molar-refractivity contribution in [2.45, 2.75) is 6.04 Å². The van der Waals surface area contributed by atoms with E-state index in [0.717, 1.165) is 5.69 Å². The lowest BCUT2D eigenvalue weighted by atomic mass is 10.2. The molecule has 1 atom stereocenters. The molecule has 0 amide bonds. The third-order valence-electron chi connectivity index (χ3n) is 2.95. The van der Waals surface area contributed by atoms with Crippen LogP contribution < -0.4 is 16.0 Å². The van der Waals surface area contributed by atoms with Gasteiger partial charge in [0.05, 0.1) is 5.52 Å². The van der Waals surface area contributed by atoms with E-state index in [1.54, 1.807) is 37.2 Å². The number of aromatic nitrogens is 1. The summed E-state index contributed by atoms with van der Waals surface area (Å²) in [6.07, 6.45) is 0. The van der Waals surface area contributed by atoms with E-state index in [-0.39, 0.29) is 0 Å². The van der Waals surface area contributed by atoms with E-state index in [0.29, 0.717) is 17.6 Å². The Morgan fingerprint density at radius 3 is 2.95 bits per heavy atom. The molecule has 0 aliphatic heterocycles.